The van der Waals surface area contributed by atoms with E-state index < -0.39 is 12.2 Å². The van der Waals surface area contributed by atoms with Gasteiger partial charge in [0.1, 0.15) is 12.2 Å². The number of aliphatic hydroxyl groups excluding tert-OH is 1. The van der Waals surface area contributed by atoms with Gasteiger partial charge in [0.15, 0.2) is 0 Å². The normalized spacial score (nSPS) is 22.8. The Hall–Kier alpha value is -1.47. The molecule has 1 aliphatic heterocycles. The molecule has 1 aliphatic rings. The van der Waals surface area contributed by atoms with Crippen LogP contribution in [0.15, 0.2) is 30.3 Å². The van der Waals surface area contributed by atoms with Crippen LogP contribution in [0.1, 0.15) is 23.8 Å². The summed E-state index contributed by atoms with van der Waals surface area (Å²) >= 11 is 1.54. The van der Waals surface area contributed by atoms with Crippen LogP contribution in [-0.2, 0) is 9.53 Å². The minimum absolute atomic E-state index is 0.0248. The molecule has 118 valence electrons. The third-order valence-electron chi connectivity index (χ3n) is 3.91. The van der Waals surface area contributed by atoms with Crippen LogP contribution in [0.2, 0.25) is 0 Å². The van der Waals surface area contributed by atoms with Crippen LogP contribution in [-0.4, -0.2) is 36.3 Å². The molecule has 0 bridgehead atoms. The Labute approximate surface area is 133 Å². The van der Waals surface area contributed by atoms with Crippen LogP contribution in [0.25, 0.3) is 10.1 Å². The van der Waals surface area contributed by atoms with Gasteiger partial charge >= 0.3 is 0 Å². The van der Waals surface area contributed by atoms with E-state index in [9.17, 15) is 9.90 Å². The predicted octanol–water partition coefficient (Wildman–Crippen LogP) is 1.56. The smallest absolute Gasteiger partial charge is 0.249 e. The zero-order valence-electron chi connectivity index (χ0n) is 12.2. The average molecular weight is 320 g/mol. The van der Waals surface area contributed by atoms with Crippen molar-refractivity contribution in [2.75, 3.05) is 13.1 Å². The lowest BCUT2D eigenvalue weighted by Gasteiger charge is -2.14. The number of nitrogens with two attached hydrogens (primary N) is 1. The molecule has 1 aromatic heterocycles. The number of fused-ring (bicyclic) bond motifs is 1. The molecule has 0 aliphatic carbocycles. The van der Waals surface area contributed by atoms with Crippen molar-refractivity contribution in [1.29, 1.82) is 0 Å². The van der Waals surface area contributed by atoms with Crippen molar-refractivity contribution in [2.45, 2.75) is 31.2 Å². The lowest BCUT2D eigenvalue weighted by atomic mass is 10.2. The summed E-state index contributed by atoms with van der Waals surface area (Å²) in [5, 5.41) is 14.1. The maximum atomic E-state index is 12.0. The molecule has 6 heteroatoms. The first-order valence-corrected chi connectivity index (χ1v) is 8.29. The van der Waals surface area contributed by atoms with E-state index in [-0.39, 0.29) is 18.6 Å². The van der Waals surface area contributed by atoms with E-state index >= 15 is 0 Å². The second-order valence-electron chi connectivity index (χ2n) is 5.51. The van der Waals surface area contributed by atoms with Crippen LogP contribution in [0.3, 0.4) is 0 Å². The topological polar surface area (TPSA) is 84.6 Å². The molecule has 2 heterocycles. The largest absolute Gasteiger partial charge is 0.386 e. The molecular weight excluding hydrogens is 300 g/mol. The van der Waals surface area contributed by atoms with Gasteiger partial charge in [0, 0.05) is 22.7 Å². The van der Waals surface area contributed by atoms with Crippen molar-refractivity contribution in [2.24, 2.45) is 5.73 Å². The van der Waals surface area contributed by atoms with Crippen molar-refractivity contribution in [1.82, 2.24) is 5.32 Å². The van der Waals surface area contributed by atoms with Gasteiger partial charge < -0.3 is 20.9 Å². The van der Waals surface area contributed by atoms with Gasteiger partial charge in [-0.15, -0.1) is 11.3 Å². The molecule has 4 N–H and O–H groups in total. The van der Waals surface area contributed by atoms with Crippen molar-refractivity contribution >= 4 is 27.3 Å². The molecule has 1 amide bonds. The standard InChI is InChI=1S/C16H20N2O3S/c17-8-11-5-6-13(21-11)16(20)18-9-12(19)15-7-10-3-1-2-4-14(10)22-15/h1-4,7,11-13,19H,5-6,8-9,17H2,(H,18,20)/t11-,12?,13+/m1/s1. The Morgan fingerprint density at radius 1 is 1.45 bits per heavy atom. The maximum Gasteiger partial charge on any atom is 0.249 e. The number of hydrogen-bond donors (Lipinski definition) is 3. The van der Waals surface area contributed by atoms with E-state index in [1.807, 2.05) is 30.3 Å². The minimum atomic E-state index is -0.701. The molecule has 0 saturated carbocycles. The van der Waals surface area contributed by atoms with Gasteiger partial charge in [-0.1, -0.05) is 18.2 Å². The first-order chi connectivity index (χ1) is 10.7. The highest BCUT2D eigenvalue weighted by Gasteiger charge is 2.30. The van der Waals surface area contributed by atoms with Crippen molar-refractivity contribution in [3.05, 3.63) is 35.2 Å². The highest BCUT2D eigenvalue weighted by atomic mass is 32.1. The molecule has 3 atom stereocenters. The van der Waals surface area contributed by atoms with Crippen molar-refractivity contribution in [3.8, 4) is 0 Å². The number of carbonyl (C=O) groups is 1. The lowest BCUT2D eigenvalue weighted by molar-refractivity contribution is -0.132. The number of amides is 1. The molecule has 22 heavy (non-hydrogen) atoms. The molecule has 1 fully saturated rings. The van der Waals surface area contributed by atoms with E-state index in [1.165, 1.54) is 0 Å². The molecule has 0 radical (unpaired) electrons. The second-order valence-corrected chi connectivity index (χ2v) is 6.62. The number of aliphatic hydroxyl groups is 1. The Morgan fingerprint density at radius 3 is 3.00 bits per heavy atom. The van der Waals surface area contributed by atoms with Crippen molar-refractivity contribution < 1.29 is 14.6 Å². The summed E-state index contributed by atoms with van der Waals surface area (Å²) in [6, 6.07) is 9.95. The highest BCUT2D eigenvalue weighted by Crippen LogP contribution is 2.29. The third kappa shape index (κ3) is 3.30. The number of ether oxygens (including phenoxy) is 1. The number of thiophene rings is 1. The fourth-order valence-electron chi connectivity index (χ4n) is 2.65. The Kier molecular flexibility index (Phi) is 4.73. The molecule has 3 rings (SSSR count). The van der Waals surface area contributed by atoms with Gasteiger partial charge in [0.05, 0.1) is 6.10 Å². The van der Waals surface area contributed by atoms with Gasteiger partial charge in [-0.05, 0) is 30.4 Å². The van der Waals surface area contributed by atoms with Gasteiger partial charge in [-0.2, -0.15) is 0 Å². The van der Waals surface area contributed by atoms with Gasteiger partial charge in [0.2, 0.25) is 5.91 Å². The number of benzene rings is 1. The average Bonchev–Trinajstić information content (AvgIpc) is 3.18. The number of hydrogen-bond acceptors (Lipinski definition) is 5. The molecule has 2 aromatic rings. The van der Waals surface area contributed by atoms with Gasteiger partial charge in [-0.3, -0.25) is 4.79 Å². The number of nitrogens with one attached hydrogen (secondary N) is 1. The molecule has 1 unspecified atom stereocenters. The van der Waals surface area contributed by atoms with E-state index in [0.29, 0.717) is 13.0 Å². The third-order valence-corrected chi connectivity index (χ3v) is 5.12. The summed E-state index contributed by atoms with van der Waals surface area (Å²) in [6.45, 7) is 0.632. The quantitative estimate of drug-likeness (QED) is 0.780. The lowest BCUT2D eigenvalue weighted by Crippen LogP contribution is -2.37. The fraction of sp³-hybridized carbons (Fsp3) is 0.438. The second kappa shape index (κ2) is 6.75. The van der Waals surface area contributed by atoms with Crippen LogP contribution >= 0.6 is 11.3 Å². The van der Waals surface area contributed by atoms with Gasteiger partial charge in [0.25, 0.3) is 0 Å². The monoisotopic (exact) mass is 320 g/mol. The van der Waals surface area contributed by atoms with Crippen molar-refractivity contribution in [3.63, 3.8) is 0 Å². The Balaban J connectivity index is 1.55. The fourth-order valence-corrected chi connectivity index (χ4v) is 3.70. The summed E-state index contributed by atoms with van der Waals surface area (Å²) < 4.78 is 6.67. The van der Waals surface area contributed by atoms with E-state index in [2.05, 4.69) is 5.32 Å². The maximum absolute atomic E-state index is 12.0. The van der Waals surface area contributed by atoms with Gasteiger partial charge in [-0.25, -0.2) is 0 Å². The summed E-state index contributed by atoms with van der Waals surface area (Å²) in [4.78, 5) is 12.9. The molecule has 0 spiro atoms. The zero-order chi connectivity index (χ0) is 15.5. The SMILES string of the molecule is NC[C@H]1CC[C@@H](C(=O)NCC(O)c2cc3ccccc3s2)O1. The Morgan fingerprint density at radius 2 is 2.27 bits per heavy atom. The Bertz CT molecular complexity index is 625. The first-order valence-electron chi connectivity index (χ1n) is 7.47. The van der Waals surface area contributed by atoms with E-state index in [4.69, 9.17) is 10.5 Å². The zero-order valence-corrected chi connectivity index (χ0v) is 13.0. The van der Waals surface area contributed by atoms with E-state index in [1.54, 1.807) is 11.3 Å². The van der Waals surface area contributed by atoms with E-state index in [0.717, 1.165) is 21.4 Å². The van der Waals surface area contributed by atoms with Crippen LogP contribution in [0, 0.1) is 0 Å². The highest BCUT2D eigenvalue weighted by molar-refractivity contribution is 7.19. The summed E-state index contributed by atoms with van der Waals surface area (Å²) in [7, 11) is 0. The number of rotatable bonds is 5. The summed E-state index contributed by atoms with van der Waals surface area (Å²) in [5.41, 5.74) is 5.54. The van der Waals surface area contributed by atoms with Crippen LogP contribution in [0.5, 0.6) is 0 Å². The minimum Gasteiger partial charge on any atom is -0.386 e. The predicted molar refractivity (Wildman–Crippen MR) is 86.7 cm³/mol. The number of carbonyl (C=O) groups excluding carboxylic acids is 1. The molecular formula is C16H20N2O3S. The molecule has 1 aromatic carbocycles. The summed E-state index contributed by atoms with van der Waals surface area (Å²) in [5.74, 6) is -0.170. The first kappa shape index (κ1) is 15.4. The summed E-state index contributed by atoms with van der Waals surface area (Å²) in [6.07, 6.45) is 0.333. The molecule has 5 nitrogen and oxygen atoms in total. The van der Waals surface area contributed by atoms with Crippen LogP contribution in [0.4, 0.5) is 0 Å². The molecule has 1 saturated heterocycles. The van der Waals surface area contributed by atoms with Crippen LogP contribution < -0.4 is 11.1 Å².